The molecule has 5 nitrogen and oxygen atoms in total. The molecule has 0 aliphatic heterocycles. The number of carbonyl (C=O) groups is 1. The number of methoxy groups -OCH3 is 1. The topological polar surface area (TPSA) is 54.0 Å². The molecule has 0 atom stereocenters. The van der Waals surface area contributed by atoms with E-state index in [-0.39, 0.29) is 5.82 Å². The number of benzene rings is 2. The van der Waals surface area contributed by atoms with Gasteiger partial charge in [-0.25, -0.2) is 9.18 Å². The summed E-state index contributed by atoms with van der Waals surface area (Å²) in [5.41, 5.74) is 3.30. The van der Waals surface area contributed by atoms with Gasteiger partial charge < -0.3 is 18.0 Å². The second kappa shape index (κ2) is 14.1. The number of rotatable bonds is 14. The Hall–Kier alpha value is -2.32. The highest BCUT2D eigenvalue weighted by Crippen LogP contribution is 2.25. The molecule has 0 fully saturated rings. The molecule has 180 valence electrons. The summed E-state index contributed by atoms with van der Waals surface area (Å²) in [6.07, 6.45) is 5.39. The smallest absolute Gasteiger partial charge is 0.466 e. The first-order chi connectivity index (χ1) is 16.0. The number of halogens is 1. The second-order valence-corrected chi connectivity index (χ2v) is 10.2. The van der Waals surface area contributed by atoms with Crippen molar-refractivity contribution >= 4 is 20.8 Å². The van der Waals surface area contributed by atoms with Gasteiger partial charge in [-0.2, -0.15) is 0 Å². The highest BCUT2D eigenvalue weighted by atomic mass is 28.4. The van der Waals surface area contributed by atoms with E-state index >= 15 is 0 Å². The molecule has 0 saturated heterocycles. The molecule has 0 aliphatic rings. The van der Waals surface area contributed by atoms with Gasteiger partial charge in [0.1, 0.15) is 5.82 Å². The van der Waals surface area contributed by atoms with Crippen molar-refractivity contribution in [2.75, 3.05) is 26.9 Å². The summed E-state index contributed by atoms with van der Waals surface area (Å²) in [6, 6.07) is 13.7. The Labute approximate surface area is 197 Å². The second-order valence-electron chi connectivity index (χ2n) is 7.47. The number of aryl methyl sites for hydroxylation is 1. The van der Waals surface area contributed by atoms with Crippen molar-refractivity contribution in [2.45, 2.75) is 46.1 Å². The molecule has 33 heavy (non-hydrogen) atoms. The third-order valence-corrected chi connectivity index (χ3v) is 8.33. The minimum atomic E-state index is -2.64. The molecule has 2 aromatic rings. The van der Waals surface area contributed by atoms with Crippen molar-refractivity contribution < 1.29 is 27.2 Å². The molecular weight excluding hydrogens is 439 g/mol. The van der Waals surface area contributed by atoms with E-state index in [9.17, 15) is 9.18 Å². The van der Waals surface area contributed by atoms with Crippen LogP contribution < -0.4 is 0 Å². The summed E-state index contributed by atoms with van der Waals surface area (Å²) in [4.78, 5) is 11.2. The van der Waals surface area contributed by atoms with E-state index < -0.39 is 14.8 Å². The van der Waals surface area contributed by atoms with Crippen molar-refractivity contribution in [3.8, 4) is 11.1 Å². The molecule has 2 rings (SSSR count). The fraction of sp³-hybridized carbons (Fsp3) is 0.423. The average Bonchev–Trinajstić information content (AvgIpc) is 2.82. The molecule has 7 heteroatoms. The maximum absolute atomic E-state index is 14.8. The highest BCUT2D eigenvalue weighted by Gasteiger charge is 2.39. The number of hydrogen-bond acceptors (Lipinski definition) is 5. The zero-order chi connectivity index (χ0) is 24.1. The molecule has 0 saturated carbocycles. The van der Waals surface area contributed by atoms with E-state index in [1.165, 1.54) is 13.2 Å². The standard InChI is InChI=1S/C26H35FO5Si/c1-5-30-33(31-6-2,32-7-3)19-9-8-10-23-16-17-24(20-25(23)27)22-14-11-21(12-15-22)13-18-26(28)29-4/h11-18,20H,5-10,19H2,1-4H3/b18-13+. The van der Waals surface area contributed by atoms with Crippen LogP contribution >= 0.6 is 0 Å². The molecule has 0 aromatic heterocycles. The van der Waals surface area contributed by atoms with Crippen LogP contribution in [0.15, 0.2) is 48.5 Å². The van der Waals surface area contributed by atoms with Crippen LogP contribution in [0.4, 0.5) is 4.39 Å². The van der Waals surface area contributed by atoms with Crippen LogP contribution in [0.25, 0.3) is 17.2 Å². The summed E-state index contributed by atoms with van der Waals surface area (Å²) >= 11 is 0. The molecule has 0 N–H and O–H groups in total. The maximum Gasteiger partial charge on any atom is 0.500 e. The summed E-state index contributed by atoms with van der Waals surface area (Å²) in [6.45, 7) is 7.52. The van der Waals surface area contributed by atoms with E-state index in [0.29, 0.717) is 31.8 Å². The first-order valence-corrected chi connectivity index (χ1v) is 13.5. The lowest BCUT2D eigenvalue weighted by molar-refractivity contribution is -0.134. The van der Waals surface area contributed by atoms with Gasteiger partial charge in [0.25, 0.3) is 0 Å². The Bertz CT molecular complexity index is 881. The van der Waals surface area contributed by atoms with Gasteiger partial charge in [0.15, 0.2) is 0 Å². The maximum atomic E-state index is 14.8. The molecule has 0 heterocycles. The van der Waals surface area contributed by atoms with Crippen LogP contribution in [-0.4, -0.2) is 41.7 Å². The molecular formula is C26H35FO5Si. The lowest BCUT2D eigenvalue weighted by Gasteiger charge is -2.28. The van der Waals surface area contributed by atoms with Crippen molar-refractivity contribution in [2.24, 2.45) is 0 Å². The van der Waals surface area contributed by atoms with Crippen molar-refractivity contribution in [1.82, 2.24) is 0 Å². The van der Waals surface area contributed by atoms with E-state index in [0.717, 1.165) is 35.6 Å². The van der Waals surface area contributed by atoms with Gasteiger partial charge >= 0.3 is 14.8 Å². The number of ether oxygens (including phenoxy) is 1. The minimum Gasteiger partial charge on any atom is -0.466 e. The predicted octanol–water partition coefficient (Wildman–Crippen LogP) is 6.05. The zero-order valence-corrected chi connectivity index (χ0v) is 21.1. The third kappa shape index (κ3) is 8.51. The van der Waals surface area contributed by atoms with Gasteiger partial charge in [-0.15, -0.1) is 0 Å². The fourth-order valence-electron chi connectivity index (χ4n) is 3.61. The van der Waals surface area contributed by atoms with Crippen LogP contribution in [-0.2, 0) is 29.2 Å². The molecule has 0 bridgehead atoms. The lowest BCUT2D eigenvalue weighted by Crippen LogP contribution is -2.45. The van der Waals surface area contributed by atoms with Gasteiger partial charge in [-0.05, 0) is 74.4 Å². The molecule has 2 aromatic carbocycles. The molecule has 0 aliphatic carbocycles. The van der Waals surface area contributed by atoms with Crippen molar-refractivity contribution in [1.29, 1.82) is 0 Å². The van der Waals surface area contributed by atoms with Gasteiger partial charge in [0.2, 0.25) is 0 Å². The van der Waals surface area contributed by atoms with Crippen LogP contribution in [0, 0.1) is 5.82 Å². The summed E-state index contributed by atoms with van der Waals surface area (Å²) < 4.78 is 37.0. The van der Waals surface area contributed by atoms with Crippen LogP contribution in [0.3, 0.4) is 0 Å². The largest absolute Gasteiger partial charge is 0.500 e. The minimum absolute atomic E-state index is 0.204. The van der Waals surface area contributed by atoms with Crippen LogP contribution in [0.1, 0.15) is 44.7 Å². The number of carbonyl (C=O) groups excluding carboxylic acids is 1. The Morgan fingerprint density at radius 2 is 1.52 bits per heavy atom. The van der Waals surface area contributed by atoms with E-state index in [2.05, 4.69) is 4.74 Å². The van der Waals surface area contributed by atoms with E-state index in [4.69, 9.17) is 13.3 Å². The average molecular weight is 475 g/mol. The Kier molecular flexibility index (Phi) is 11.5. The summed E-state index contributed by atoms with van der Waals surface area (Å²) in [5, 5.41) is 0. The molecule has 0 amide bonds. The Balaban J connectivity index is 1.96. The number of unbranched alkanes of at least 4 members (excludes halogenated alkanes) is 1. The van der Waals surface area contributed by atoms with Crippen molar-refractivity contribution in [3.63, 3.8) is 0 Å². The SMILES string of the molecule is CCO[Si](CCCCc1ccc(-c2ccc(/C=C/C(=O)OC)cc2)cc1F)(OCC)OCC. The number of esters is 1. The quantitative estimate of drug-likeness (QED) is 0.144. The zero-order valence-electron chi connectivity index (χ0n) is 20.1. The third-order valence-electron chi connectivity index (χ3n) is 5.18. The molecule has 0 radical (unpaired) electrons. The Morgan fingerprint density at radius 1 is 0.909 bits per heavy atom. The first-order valence-electron chi connectivity index (χ1n) is 11.5. The predicted molar refractivity (Wildman–Crippen MR) is 131 cm³/mol. The van der Waals surface area contributed by atoms with Crippen LogP contribution in [0.5, 0.6) is 0 Å². The van der Waals surface area contributed by atoms with E-state index in [1.807, 2.05) is 57.2 Å². The first kappa shape index (κ1) is 26.9. The van der Waals surface area contributed by atoms with Crippen LogP contribution in [0.2, 0.25) is 6.04 Å². The lowest BCUT2D eigenvalue weighted by atomic mass is 10.00. The molecule has 0 spiro atoms. The van der Waals surface area contributed by atoms with Gasteiger partial charge in [-0.1, -0.05) is 36.4 Å². The summed E-state index contributed by atoms with van der Waals surface area (Å²) in [5.74, 6) is -0.608. The van der Waals surface area contributed by atoms with Crippen molar-refractivity contribution in [3.05, 3.63) is 65.5 Å². The van der Waals surface area contributed by atoms with Gasteiger partial charge in [0, 0.05) is 31.9 Å². The fourth-order valence-corrected chi connectivity index (χ4v) is 6.29. The number of hydrogen-bond donors (Lipinski definition) is 0. The normalized spacial score (nSPS) is 11.8. The Morgan fingerprint density at radius 3 is 2.06 bits per heavy atom. The molecule has 0 unspecified atom stereocenters. The summed E-state index contributed by atoms with van der Waals surface area (Å²) in [7, 11) is -1.31. The van der Waals surface area contributed by atoms with Gasteiger partial charge in [-0.3, -0.25) is 0 Å². The monoisotopic (exact) mass is 474 g/mol. The van der Waals surface area contributed by atoms with E-state index in [1.54, 1.807) is 12.1 Å². The van der Waals surface area contributed by atoms with Gasteiger partial charge in [0.05, 0.1) is 7.11 Å². The highest BCUT2D eigenvalue weighted by molar-refractivity contribution is 6.60.